The van der Waals surface area contributed by atoms with Crippen LogP contribution in [0.1, 0.15) is 107 Å². The third-order valence-corrected chi connectivity index (χ3v) is 15.7. The van der Waals surface area contributed by atoms with Gasteiger partial charge in [-0.05, 0) is 95.4 Å². The van der Waals surface area contributed by atoms with Gasteiger partial charge in [0.15, 0.2) is 8.32 Å². The van der Waals surface area contributed by atoms with E-state index in [9.17, 15) is 24.5 Å². The number of pyridine rings is 1. The molecular formula is C28H39F5INO2SSi. The fraction of sp³-hybridized carbons (Fsp3) is 0.607. The molecule has 1 saturated carbocycles. The van der Waals surface area contributed by atoms with Gasteiger partial charge in [-0.1, -0.05) is 72.6 Å². The Balaban J connectivity index is 1.85. The minimum Gasteiger partial charge on any atom is -0.410 e. The number of rotatable bonds is 6. The lowest BCUT2D eigenvalue weighted by Gasteiger charge is -2.50. The smallest absolute Gasteiger partial charge is 0.310 e. The van der Waals surface area contributed by atoms with Crippen LogP contribution in [0.3, 0.4) is 0 Å². The van der Waals surface area contributed by atoms with E-state index in [4.69, 9.17) is 9.41 Å². The van der Waals surface area contributed by atoms with Crippen molar-refractivity contribution in [1.29, 1.82) is 0 Å². The van der Waals surface area contributed by atoms with Crippen LogP contribution in [-0.4, -0.2) is 18.4 Å². The Bertz CT molecular complexity index is 1270. The van der Waals surface area contributed by atoms with Crippen LogP contribution in [-0.2, 0) is 10.8 Å². The first-order valence-corrected chi connectivity index (χ1v) is 19.3. The molecule has 0 bridgehead atoms. The fourth-order valence-corrected chi connectivity index (χ4v) is 8.65. The zero-order valence-electron chi connectivity index (χ0n) is 23.6. The molecule has 2 atom stereocenters. The molecule has 11 heteroatoms. The van der Waals surface area contributed by atoms with Crippen LogP contribution in [0, 0.1) is 8.99 Å². The summed E-state index contributed by atoms with van der Waals surface area (Å²) in [6.07, 6.45) is 3.63. The van der Waals surface area contributed by atoms with Gasteiger partial charge in [0.1, 0.15) is 11.0 Å². The van der Waals surface area contributed by atoms with Crippen molar-refractivity contribution in [2.75, 3.05) is 0 Å². The first kappa shape index (κ1) is 31.2. The molecule has 1 heterocycles. The van der Waals surface area contributed by atoms with Crippen LogP contribution in [0.25, 0.3) is 0 Å². The summed E-state index contributed by atoms with van der Waals surface area (Å²) in [5.41, 5.74) is 3.38. The van der Waals surface area contributed by atoms with Gasteiger partial charge in [0.2, 0.25) is 0 Å². The summed E-state index contributed by atoms with van der Waals surface area (Å²) in [6.45, 7) is 14.9. The van der Waals surface area contributed by atoms with Crippen LogP contribution in [0.5, 0.6) is 0 Å². The van der Waals surface area contributed by atoms with Gasteiger partial charge in [0, 0.05) is 20.4 Å². The molecule has 2 aromatic rings. The Labute approximate surface area is 243 Å². The van der Waals surface area contributed by atoms with Gasteiger partial charge >= 0.3 is 10.2 Å². The van der Waals surface area contributed by atoms with E-state index in [0.29, 0.717) is 23.4 Å². The van der Waals surface area contributed by atoms with E-state index in [0.717, 1.165) is 52.6 Å². The molecule has 1 aromatic carbocycles. The maximum absolute atomic E-state index is 13.3. The maximum atomic E-state index is 13.3. The van der Waals surface area contributed by atoms with Crippen molar-refractivity contribution in [3.05, 3.63) is 55.9 Å². The van der Waals surface area contributed by atoms with E-state index in [1.165, 1.54) is 6.42 Å². The van der Waals surface area contributed by atoms with Crippen LogP contribution in [0.15, 0.2) is 29.2 Å². The van der Waals surface area contributed by atoms with E-state index < -0.39 is 29.5 Å². The summed E-state index contributed by atoms with van der Waals surface area (Å²) in [6, 6.07) is 2.59. The van der Waals surface area contributed by atoms with Crippen molar-refractivity contribution < 1.29 is 29.0 Å². The van der Waals surface area contributed by atoms with Crippen molar-refractivity contribution in [2.24, 2.45) is 5.41 Å². The fourth-order valence-electron chi connectivity index (χ4n) is 5.50. The summed E-state index contributed by atoms with van der Waals surface area (Å²) >= 11 is 2.22. The molecule has 2 aliphatic carbocycles. The topological polar surface area (TPSA) is 42.4 Å². The van der Waals surface area contributed by atoms with E-state index >= 15 is 0 Å². The van der Waals surface area contributed by atoms with E-state index in [2.05, 4.69) is 56.5 Å². The highest BCUT2D eigenvalue weighted by molar-refractivity contribution is 14.1. The summed E-state index contributed by atoms with van der Waals surface area (Å²) < 4.78 is 74.3. The average Bonchev–Trinajstić information content (AvgIpc) is 2.74. The number of aromatic nitrogens is 1. The molecule has 39 heavy (non-hydrogen) atoms. The first-order valence-electron chi connectivity index (χ1n) is 13.4. The van der Waals surface area contributed by atoms with Crippen molar-refractivity contribution in [3.8, 4) is 0 Å². The molecule has 4 rings (SSSR count). The lowest BCUT2D eigenvalue weighted by Crippen LogP contribution is -2.46. The Hall–Kier alpha value is -0.763. The Morgan fingerprint density at radius 2 is 1.64 bits per heavy atom. The molecule has 1 aromatic heterocycles. The molecule has 3 nitrogen and oxygen atoms in total. The molecule has 0 amide bonds. The summed E-state index contributed by atoms with van der Waals surface area (Å²) in [4.78, 5) is 3.12. The van der Waals surface area contributed by atoms with Gasteiger partial charge in [-0.3, -0.25) is 4.98 Å². The lowest BCUT2D eigenvalue weighted by atomic mass is 9.59. The van der Waals surface area contributed by atoms with Gasteiger partial charge < -0.3 is 9.53 Å². The van der Waals surface area contributed by atoms with E-state index in [1.807, 2.05) is 13.8 Å². The number of benzene rings is 1. The van der Waals surface area contributed by atoms with Crippen LogP contribution in [0.2, 0.25) is 18.1 Å². The molecule has 1 N–H and O–H groups in total. The van der Waals surface area contributed by atoms with Gasteiger partial charge in [0.05, 0.1) is 11.8 Å². The minimum atomic E-state index is -9.81. The second-order valence-electron chi connectivity index (χ2n) is 13.3. The number of nitrogens with zero attached hydrogens (tertiary/aromatic N) is 1. The highest BCUT2D eigenvalue weighted by Crippen LogP contribution is 3.02. The van der Waals surface area contributed by atoms with E-state index in [-0.39, 0.29) is 28.0 Å². The SMILES string of the molecule is CC(C)c1nc2c(c(I)c1[C@H](O)c1ccc(S(F)(F)(F)(F)F)cc1)C(O[Si](C)(C)C(C)(C)C)CC1(CCC1)C2. The first-order chi connectivity index (χ1) is 17.4. The number of aliphatic hydroxyl groups is 1. The summed E-state index contributed by atoms with van der Waals surface area (Å²) in [5, 5.41) is 11.5. The second-order valence-corrected chi connectivity index (χ2v) is 21.5. The molecule has 220 valence electrons. The number of halogens is 6. The molecular weight excluding hydrogens is 664 g/mol. The molecule has 2 aliphatic rings. The molecule has 1 unspecified atom stereocenters. The third-order valence-electron chi connectivity index (χ3n) is 8.92. The highest BCUT2D eigenvalue weighted by Gasteiger charge is 2.65. The maximum Gasteiger partial charge on any atom is 0.310 e. The predicted octanol–water partition coefficient (Wildman–Crippen LogP) is 10.7. The molecule has 0 saturated heterocycles. The highest BCUT2D eigenvalue weighted by atomic mass is 127. The number of aliphatic hydroxyl groups excluding tert-OH is 1. The van der Waals surface area contributed by atoms with Crippen LogP contribution < -0.4 is 0 Å². The Kier molecular flexibility index (Phi) is 7.29. The quantitative estimate of drug-likeness (QED) is 0.185. The molecule has 0 aliphatic heterocycles. The van der Waals surface area contributed by atoms with E-state index in [1.54, 1.807) is 0 Å². The van der Waals surface area contributed by atoms with Gasteiger partial charge in [0.25, 0.3) is 0 Å². The predicted molar refractivity (Wildman–Crippen MR) is 159 cm³/mol. The number of hydrogen-bond donors (Lipinski definition) is 1. The Morgan fingerprint density at radius 1 is 1.08 bits per heavy atom. The average molecular weight is 704 g/mol. The zero-order valence-corrected chi connectivity index (χ0v) is 27.5. The van der Waals surface area contributed by atoms with Gasteiger partial charge in [-0.2, -0.15) is 0 Å². The third kappa shape index (κ3) is 6.08. The zero-order chi connectivity index (χ0) is 29.5. The number of fused-ring (bicyclic) bond motifs is 1. The lowest BCUT2D eigenvalue weighted by molar-refractivity contribution is 0.0293. The van der Waals surface area contributed by atoms with Crippen molar-refractivity contribution in [2.45, 2.75) is 108 Å². The molecule has 1 fully saturated rings. The minimum absolute atomic E-state index is 0.0128. The molecule has 0 radical (unpaired) electrons. The van der Waals surface area contributed by atoms with Gasteiger partial charge in [-0.25, -0.2) is 0 Å². The van der Waals surface area contributed by atoms with Crippen molar-refractivity contribution >= 4 is 41.1 Å². The Morgan fingerprint density at radius 3 is 2.08 bits per heavy atom. The summed E-state index contributed by atoms with van der Waals surface area (Å²) in [7, 11) is -12.0. The van der Waals surface area contributed by atoms with Crippen LogP contribution in [0.4, 0.5) is 19.4 Å². The van der Waals surface area contributed by atoms with Gasteiger partial charge in [-0.15, -0.1) is 0 Å². The van der Waals surface area contributed by atoms with Crippen molar-refractivity contribution in [3.63, 3.8) is 0 Å². The monoisotopic (exact) mass is 703 g/mol. The van der Waals surface area contributed by atoms with Crippen LogP contribution >= 0.6 is 32.8 Å². The largest absolute Gasteiger partial charge is 0.410 e. The second kappa shape index (κ2) is 9.12. The number of hydrogen-bond acceptors (Lipinski definition) is 3. The molecule has 1 spiro atoms. The normalized spacial score (nSPS) is 22.2. The standard InChI is InChI=1S/C28H39F5INO2SSi/c1-17(2)25-23(26(36)18-9-11-19(12-10-18)38(29,30,31,32)33)24(34)22-20(35-25)15-28(13-8-14-28)16-21(22)37-39(6,7)27(3,4)5/h9-12,17,21,26,36H,8,13-16H2,1-7H3/t21?,26-/m1/s1. The van der Waals surface area contributed by atoms with Crippen molar-refractivity contribution in [1.82, 2.24) is 4.98 Å². The summed E-state index contributed by atoms with van der Waals surface area (Å²) in [5.74, 6) is -0.0727.